The van der Waals surface area contributed by atoms with E-state index >= 15 is 0 Å². The number of nitriles is 1. The average Bonchev–Trinajstić information content (AvgIpc) is 2.93. The highest BCUT2D eigenvalue weighted by Gasteiger charge is 2.62. The van der Waals surface area contributed by atoms with Crippen LogP contribution in [0.4, 0.5) is 0 Å². The van der Waals surface area contributed by atoms with Gasteiger partial charge in [0.05, 0.1) is 12.1 Å². The highest BCUT2D eigenvalue weighted by atomic mass is 15.0. The van der Waals surface area contributed by atoms with E-state index in [0.717, 1.165) is 36.1 Å². The van der Waals surface area contributed by atoms with Crippen LogP contribution in [0.5, 0.6) is 0 Å². The molecule has 2 nitrogen and oxygen atoms in total. The molecule has 0 aromatic rings. The largest absolute Gasteiger partial charge is 0.301 e. The smallest absolute Gasteiger partial charge is 0.0990 e. The number of nitrogens with zero attached hydrogens (tertiary/aromatic N) is 1. The van der Waals surface area contributed by atoms with Crippen molar-refractivity contribution in [2.45, 2.75) is 12.5 Å². The van der Waals surface area contributed by atoms with Gasteiger partial charge in [-0.15, -0.1) is 0 Å². The first-order chi connectivity index (χ1) is 6.90. The van der Waals surface area contributed by atoms with Gasteiger partial charge in [0.15, 0.2) is 0 Å². The van der Waals surface area contributed by atoms with Crippen LogP contribution < -0.4 is 5.32 Å². The zero-order valence-electron chi connectivity index (χ0n) is 8.06. The molecule has 2 heteroatoms. The van der Waals surface area contributed by atoms with Crippen LogP contribution >= 0.6 is 0 Å². The highest BCUT2D eigenvalue weighted by molar-refractivity contribution is 5.26. The molecule has 4 aliphatic carbocycles. The molecule has 1 heterocycles. The normalized spacial score (nSPS) is 61.8. The van der Waals surface area contributed by atoms with Gasteiger partial charge >= 0.3 is 0 Å². The Kier molecular flexibility index (Phi) is 1.19. The predicted molar refractivity (Wildman–Crippen MR) is 52.1 cm³/mol. The third kappa shape index (κ3) is 0.685. The lowest BCUT2D eigenvalue weighted by atomic mass is 9.62. The molecule has 0 aromatic heterocycles. The SMILES string of the molecule is N#CC1NC[C@@H]2[C@@H]3C=C[C@@H]([C@H]4C[C@@H]34)[C@H]12. The molecule has 1 aliphatic heterocycles. The lowest BCUT2D eigenvalue weighted by Gasteiger charge is -2.41. The molecule has 0 amide bonds. The summed E-state index contributed by atoms with van der Waals surface area (Å²) >= 11 is 0. The monoisotopic (exact) mass is 186 g/mol. The summed E-state index contributed by atoms with van der Waals surface area (Å²) in [5.74, 6) is 4.89. The molecule has 5 aliphatic rings. The van der Waals surface area contributed by atoms with Gasteiger partial charge in [-0.2, -0.15) is 5.26 Å². The first kappa shape index (κ1) is 7.48. The molecular formula is C12H14N2. The molecule has 1 N–H and O–H groups in total. The Morgan fingerprint density at radius 3 is 2.79 bits per heavy atom. The van der Waals surface area contributed by atoms with Gasteiger partial charge in [0.1, 0.15) is 0 Å². The lowest BCUT2D eigenvalue weighted by Crippen LogP contribution is -2.40. The van der Waals surface area contributed by atoms with Crippen LogP contribution in [0.3, 0.4) is 0 Å². The van der Waals surface area contributed by atoms with Crippen molar-refractivity contribution in [2.24, 2.45) is 35.5 Å². The zero-order chi connectivity index (χ0) is 9.28. The van der Waals surface area contributed by atoms with Gasteiger partial charge in [0, 0.05) is 6.54 Å². The van der Waals surface area contributed by atoms with Gasteiger partial charge in [0.25, 0.3) is 0 Å². The Morgan fingerprint density at radius 1 is 1.14 bits per heavy atom. The van der Waals surface area contributed by atoms with E-state index in [1.165, 1.54) is 6.42 Å². The standard InChI is InChI=1S/C12H14N2/c13-4-11-12-7-2-1-6(8-3-9(7)8)10(12)5-14-11/h1-2,6-12,14H,3,5H2/t6-,7+,8+,9-,10-,11?,12+/m1/s1. The van der Waals surface area contributed by atoms with Crippen LogP contribution in [0.2, 0.25) is 0 Å². The number of hydrogen-bond acceptors (Lipinski definition) is 2. The first-order valence-corrected chi connectivity index (χ1v) is 5.71. The summed E-state index contributed by atoms with van der Waals surface area (Å²) in [4.78, 5) is 0. The van der Waals surface area contributed by atoms with Gasteiger partial charge < -0.3 is 5.32 Å². The Balaban J connectivity index is 1.78. The molecule has 7 atom stereocenters. The fourth-order valence-corrected chi connectivity index (χ4v) is 4.35. The van der Waals surface area contributed by atoms with Crippen molar-refractivity contribution in [3.05, 3.63) is 12.2 Å². The second-order valence-electron chi connectivity index (χ2n) is 5.36. The second-order valence-corrected chi connectivity index (χ2v) is 5.36. The van der Waals surface area contributed by atoms with Crippen LogP contribution in [-0.2, 0) is 0 Å². The molecule has 0 aromatic carbocycles. The van der Waals surface area contributed by atoms with E-state index in [1.807, 2.05) is 0 Å². The molecule has 14 heavy (non-hydrogen) atoms. The maximum Gasteiger partial charge on any atom is 0.0990 e. The first-order valence-electron chi connectivity index (χ1n) is 5.71. The van der Waals surface area contributed by atoms with Crippen LogP contribution in [0.25, 0.3) is 0 Å². The van der Waals surface area contributed by atoms with Crippen molar-refractivity contribution in [2.75, 3.05) is 6.54 Å². The number of nitrogens with one attached hydrogen (secondary N) is 1. The van der Waals surface area contributed by atoms with E-state index in [0.29, 0.717) is 5.92 Å². The molecule has 2 bridgehead atoms. The van der Waals surface area contributed by atoms with Gasteiger partial charge in [-0.05, 0) is 41.9 Å². The van der Waals surface area contributed by atoms with Gasteiger partial charge in [-0.1, -0.05) is 12.2 Å². The summed E-state index contributed by atoms with van der Waals surface area (Å²) in [7, 11) is 0. The summed E-state index contributed by atoms with van der Waals surface area (Å²) < 4.78 is 0. The van der Waals surface area contributed by atoms with E-state index in [1.54, 1.807) is 0 Å². The predicted octanol–water partition coefficient (Wildman–Crippen LogP) is 1.17. The minimum Gasteiger partial charge on any atom is -0.301 e. The van der Waals surface area contributed by atoms with E-state index in [-0.39, 0.29) is 6.04 Å². The molecule has 1 saturated heterocycles. The van der Waals surface area contributed by atoms with E-state index in [2.05, 4.69) is 23.5 Å². The fraction of sp³-hybridized carbons (Fsp3) is 0.750. The van der Waals surface area contributed by atoms with Crippen LogP contribution in [0, 0.1) is 46.8 Å². The van der Waals surface area contributed by atoms with Crippen molar-refractivity contribution in [1.82, 2.24) is 5.32 Å². The Labute approximate surface area is 84.0 Å². The van der Waals surface area contributed by atoms with Crippen LogP contribution in [0.15, 0.2) is 12.2 Å². The zero-order valence-corrected chi connectivity index (χ0v) is 8.06. The maximum absolute atomic E-state index is 9.10. The summed E-state index contributed by atoms with van der Waals surface area (Å²) in [6.45, 7) is 1.08. The van der Waals surface area contributed by atoms with Crippen molar-refractivity contribution in [3.8, 4) is 6.07 Å². The molecular weight excluding hydrogens is 172 g/mol. The molecule has 5 rings (SSSR count). The Hall–Kier alpha value is -0.810. The third-order valence-electron chi connectivity index (χ3n) is 4.97. The number of hydrogen-bond donors (Lipinski definition) is 1. The second kappa shape index (κ2) is 2.23. The van der Waals surface area contributed by atoms with E-state index in [4.69, 9.17) is 5.26 Å². The number of rotatable bonds is 0. The van der Waals surface area contributed by atoms with Crippen molar-refractivity contribution < 1.29 is 0 Å². The van der Waals surface area contributed by atoms with Crippen molar-refractivity contribution in [3.63, 3.8) is 0 Å². The van der Waals surface area contributed by atoms with E-state index < -0.39 is 0 Å². The Bertz CT molecular complexity index is 354. The highest BCUT2D eigenvalue weighted by Crippen LogP contribution is 2.64. The van der Waals surface area contributed by atoms with Crippen LogP contribution in [-0.4, -0.2) is 12.6 Å². The van der Waals surface area contributed by atoms with Crippen molar-refractivity contribution in [1.29, 1.82) is 5.26 Å². The topological polar surface area (TPSA) is 35.8 Å². The summed E-state index contributed by atoms with van der Waals surface area (Å²) in [5, 5.41) is 12.5. The molecule has 1 unspecified atom stereocenters. The lowest BCUT2D eigenvalue weighted by molar-refractivity contribution is 0.145. The van der Waals surface area contributed by atoms with Crippen LogP contribution in [0.1, 0.15) is 6.42 Å². The summed E-state index contributed by atoms with van der Waals surface area (Å²) in [6, 6.07) is 2.58. The molecule has 3 fully saturated rings. The fourth-order valence-electron chi connectivity index (χ4n) is 4.35. The summed E-state index contributed by atoms with van der Waals surface area (Å²) in [6.07, 6.45) is 6.30. The summed E-state index contributed by atoms with van der Waals surface area (Å²) in [5.41, 5.74) is 0. The van der Waals surface area contributed by atoms with Crippen molar-refractivity contribution >= 4 is 0 Å². The minimum atomic E-state index is 0.138. The molecule has 0 spiro atoms. The third-order valence-corrected chi connectivity index (χ3v) is 4.97. The maximum atomic E-state index is 9.10. The average molecular weight is 186 g/mol. The Morgan fingerprint density at radius 2 is 1.93 bits per heavy atom. The number of allylic oxidation sites excluding steroid dienone is 2. The molecule has 72 valence electrons. The molecule has 2 saturated carbocycles. The molecule has 0 radical (unpaired) electrons. The van der Waals surface area contributed by atoms with Gasteiger partial charge in [-0.25, -0.2) is 0 Å². The van der Waals surface area contributed by atoms with E-state index in [9.17, 15) is 0 Å². The quantitative estimate of drug-likeness (QED) is 0.576. The minimum absolute atomic E-state index is 0.138. The van der Waals surface area contributed by atoms with Gasteiger partial charge in [-0.3, -0.25) is 0 Å². The van der Waals surface area contributed by atoms with Gasteiger partial charge in [0.2, 0.25) is 0 Å².